The molecule has 0 amide bonds. The topological polar surface area (TPSA) is 18.5 Å². The highest BCUT2D eigenvalue weighted by Crippen LogP contribution is 1.97. The maximum absolute atomic E-state index is 5.12. The lowest BCUT2D eigenvalue weighted by atomic mass is 10.5. The van der Waals surface area contributed by atoms with Crippen LogP contribution in [-0.4, -0.2) is 13.2 Å². The Hall–Kier alpha value is -1.10. The third kappa shape index (κ3) is 5.35. The first kappa shape index (κ1) is 9.90. The van der Waals surface area contributed by atoms with E-state index in [4.69, 9.17) is 9.47 Å². The maximum Gasteiger partial charge on any atom is 0.287 e. The fourth-order valence-corrected chi connectivity index (χ4v) is 0.541. The van der Waals surface area contributed by atoms with Gasteiger partial charge in [-0.3, -0.25) is 0 Å². The fraction of sp³-hybridized carbons (Fsp3) is 0.556. The van der Waals surface area contributed by atoms with Crippen molar-refractivity contribution >= 4 is 0 Å². The molecular formula is C9H14O2. The minimum absolute atomic E-state index is 0.504. The predicted octanol–water partition coefficient (Wildman–Crippen LogP) is 1.92. The summed E-state index contributed by atoms with van der Waals surface area (Å²) in [6, 6.07) is 0. The Balaban J connectivity index is 3.92. The third-order valence-corrected chi connectivity index (χ3v) is 0.908. The van der Waals surface area contributed by atoms with Crippen molar-refractivity contribution in [2.45, 2.75) is 20.8 Å². The summed E-state index contributed by atoms with van der Waals surface area (Å²) >= 11 is 0. The summed E-state index contributed by atoms with van der Waals surface area (Å²) in [6.07, 6.45) is 1.63. The van der Waals surface area contributed by atoms with Gasteiger partial charge in [0.2, 0.25) is 0 Å². The molecule has 0 saturated heterocycles. The van der Waals surface area contributed by atoms with E-state index in [-0.39, 0.29) is 0 Å². The van der Waals surface area contributed by atoms with Gasteiger partial charge in [0, 0.05) is 0 Å². The Labute approximate surface area is 68.2 Å². The number of rotatable bonds is 4. The summed E-state index contributed by atoms with van der Waals surface area (Å²) in [7, 11) is 0. The van der Waals surface area contributed by atoms with Gasteiger partial charge in [0.1, 0.15) is 0 Å². The van der Waals surface area contributed by atoms with Gasteiger partial charge in [-0.1, -0.05) is 5.92 Å². The second-order valence-electron chi connectivity index (χ2n) is 1.72. The van der Waals surface area contributed by atoms with Crippen LogP contribution in [0.4, 0.5) is 0 Å². The molecule has 0 aliphatic rings. The zero-order chi connectivity index (χ0) is 8.53. The molecule has 2 nitrogen and oxygen atoms in total. The normalized spacial score (nSPS) is 7.55. The molecule has 0 aromatic carbocycles. The van der Waals surface area contributed by atoms with Crippen LogP contribution < -0.4 is 0 Å². The molecule has 62 valence electrons. The van der Waals surface area contributed by atoms with Crippen LogP contribution in [0.25, 0.3) is 0 Å². The summed E-state index contributed by atoms with van der Waals surface area (Å²) in [5.74, 6) is 5.99. The maximum atomic E-state index is 5.12. The average Bonchev–Trinajstić information content (AvgIpc) is 2.01. The second-order valence-corrected chi connectivity index (χ2v) is 1.72. The zero-order valence-corrected chi connectivity index (χ0v) is 7.31. The molecular weight excluding hydrogens is 140 g/mol. The Bertz CT molecular complexity index is 164. The molecule has 0 spiro atoms. The smallest absolute Gasteiger partial charge is 0.287 e. The summed E-state index contributed by atoms with van der Waals surface area (Å²) in [4.78, 5) is 0. The van der Waals surface area contributed by atoms with Gasteiger partial charge in [-0.2, -0.15) is 0 Å². The molecule has 0 N–H and O–H groups in total. The molecule has 0 aromatic heterocycles. The molecule has 0 radical (unpaired) electrons. The number of hydrogen-bond donors (Lipinski definition) is 0. The van der Waals surface area contributed by atoms with Crippen molar-refractivity contribution in [2.75, 3.05) is 13.2 Å². The van der Waals surface area contributed by atoms with Crippen molar-refractivity contribution in [2.24, 2.45) is 0 Å². The van der Waals surface area contributed by atoms with E-state index in [1.54, 1.807) is 13.0 Å². The second kappa shape index (κ2) is 7.01. The molecule has 0 atom stereocenters. The van der Waals surface area contributed by atoms with Gasteiger partial charge in [-0.15, -0.1) is 5.92 Å². The van der Waals surface area contributed by atoms with E-state index in [9.17, 15) is 0 Å². The highest BCUT2D eigenvalue weighted by atomic mass is 16.7. The van der Waals surface area contributed by atoms with E-state index in [0.717, 1.165) is 0 Å². The van der Waals surface area contributed by atoms with E-state index in [2.05, 4.69) is 11.8 Å². The Morgan fingerprint density at radius 2 is 1.82 bits per heavy atom. The Kier molecular flexibility index (Phi) is 6.31. The van der Waals surface area contributed by atoms with E-state index in [1.165, 1.54) is 0 Å². The highest BCUT2D eigenvalue weighted by Gasteiger charge is 1.92. The van der Waals surface area contributed by atoms with E-state index >= 15 is 0 Å². The molecule has 0 aromatic rings. The summed E-state index contributed by atoms with van der Waals surface area (Å²) in [5, 5.41) is 0. The first-order chi connectivity index (χ1) is 5.35. The molecule has 0 aliphatic heterocycles. The molecule has 11 heavy (non-hydrogen) atoms. The number of ether oxygens (including phenoxy) is 2. The molecule has 2 heteroatoms. The Morgan fingerprint density at radius 1 is 1.27 bits per heavy atom. The van der Waals surface area contributed by atoms with Gasteiger partial charge >= 0.3 is 0 Å². The van der Waals surface area contributed by atoms with E-state index in [1.807, 2.05) is 13.8 Å². The van der Waals surface area contributed by atoms with Crippen molar-refractivity contribution in [3.8, 4) is 11.8 Å². The van der Waals surface area contributed by atoms with Crippen molar-refractivity contribution < 1.29 is 9.47 Å². The summed E-state index contributed by atoms with van der Waals surface area (Å²) < 4.78 is 10.2. The van der Waals surface area contributed by atoms with Crippen LogP contribution in [0, 0.1) is 11.8 Å². The third-order valence-electron chi connectivity index (χ3n) is 0.908. The van der Waals surface area contributed by atoms with Crippen LogP contribution in [0.2, 0.25) is 0 Å². The SMILES string of the molecule is CC#CC=C(OCC)OCC. The first-order valence-corrected chi connectivity index (χ1v) is 3.73. The predicted molar refractivity (Wildman–Crippen MR) is 44.8 cm³/mol. The number of allylic oxidation sites excluding steroid dienone is 1. The van der Waals surface area contributed by atoms with Crippen LogP contribution in [0.5, 0.6) is 0 Å². The van der Waals surface area contributed by atoms with Crippen molar-refractivity contribution in [1.82, 2.24) is 0 Å². The van der Waals surface area contributed by atoms with Gasteiger partial charge in [0.15, 0.2) is 0 Å². The standard InChI is InChI=1S/C9H14O2/c1-4-7-8-9(10-5-2)11-6-3/h8H,5-6H2,1-3H3. The first-order valence-electron chi connectivity index (χ1n) is 3.73. The van der Waals surface area contributed by atoms with Gasteiger partial charge < -0.3 is 9.47 Å². The Morgan fingerprint density at radius 3 is 2.18 bits per heavy atom. The number of hydrogen-bond acceptors (Lipinski definition) is 2. The lowest BCUT2D eigenvalue weighted by molar-refractivity contribution is 0.0471. The molecule has 0 heterocycles. The minimum atomic E-state index is 0.504. The zero-order valence-electron chi connectivity index (χ0n) is 7.31. The van der Waals surface area contributed by atoms with Crippen LogP contribution in [0.1, 0.15) is 20.8 Å². The molecule has 0 rings (SSSR count). The highest BCUT2D eigenvalue weighted by molar-refractivity contribution is 5.14. The monoisotopic (exact) mass is 154 g/mol. The van der Waals surface area contributed by atoms with Gasteiger partial charge in [0.05, 0.1) is 19.3 Å². The van der Waals surface area contributed by atoms with Crippen molar-refractivity contribution in [1.29, 1.82) is 0 Å². The van der Waals surface area contributed by atoms with Gasteiger partial charge in [0.25, 0.3) is 5.95 Å². The lowest BCUT2D eigenvalue weighted by Crippen LogP contribution is -1.96. The van der Waals surface area contributed by atoms with Crippen molar-refractivity contribution in [3.05, 3.63) is 12.0 Å². The molecule has 0 fully saturated rings. The summed E-state index contributed by atoms with van der Waals surface area (Å²) in [6.45, 7) is 6.80. The largest absolute Gasteiger partial charge is 0.465 e. The minimum Gasteiger partial charge on any atom is -0.465 e. The van der Waals surface area contributed by atoms with Crippen LogP contribution in [-0.2, 0) is 9.47 Å². The molecule has 0 bridgehead atoms. The average molecular weight is 154 g/mol. The molecule has 0 unspecified atom stereocenters. The summed E-state index contributed by atoms with van der Waals surface area (Å²) in [5.41, 5.74) is 0. The van der Waals surface area contributed by atoms with Crippen LogP contribution in [0.15, 0.2) is 12.0 Å². The van der Waals surface area contributed by atoms with Gasteiger partial charge in [-0.25, -0.2) is 0 Å². The molecule has 0 saturated carbocycles. The van der Waals surface area contributed by atoms with E-state index in [0.29, 0.717) is 19.2 Å². The van der Waals surface area contributed by atoms with E-state index < -0.39 is 0 Å². The fourth-order valence-electron chi connectivity index (χ4n) is 0.541. The molecule has 0 aliphatic carbocycles. The van der Waals surface area contributed by atoms with Crippen molar-refractivity contribution in [3.63, 3.8) is 0 Å². The lowest BCUT2D eigenvalue weighted by Gasteiger charge is -2.06. The van der Waals surface area contributed by atoms with Gasteiger partial charge in [-0.05, 0) is 20.8 Å². The quantitative estimate of drug-likeness (QED) is 0.455. The van der Waals surface area contributed by atoms with Crippen LogP contribution in [0.3, 0.4) is 0 Å². The van der Waals surface area contributed by atoms with Crippen LogP contribution >= 0.6 is 0 Å².